The van der Waals surface area contributed by atoms with Gasteiger partial charge >= 0.3 is 0 Å². The summed E-state index contributed by atoms with van der Waals surface area (Å²) >= 11 is 5.71. The number of nitrogens with one attached hydrogen (secondary N) is 1. The Balaban J connectivity index is 2.46. The van der Waals surface area contributed by atoms with Crippen LogP contribution < -0.4 is 14.2 Å². The van der Waals surface area contributed by atoms with Crippen LogP contribution in [0.3, 0.4) is 0 Å². The molecular formula is C14H13ClN2O6S. The molecule has 10 heteroatoms. The SMILES string of the molecule is COc1ccc(OC)c(S(=O)(=O)Nc2ccc(Cl)c([N+](=O)[O-])c2)c1. The number of anilines is 1. The highest BCUT2D eigenvalue weighted by Gasteiger charge is 2.22. The van der Waals surface area contributed by atoms with E-state index >= 15 is 0 Å². The first-order valence-corrected chi connectivity index (χ1v) is 8.33. The van der Waals surface area contributed by atoms with Gasteiger partial charge in [0.25, 0.3) is 15.7 Å². The molecule has 0 spiro atoms. The molecule has 1 N–H and O–H groups in total. The number of sulfonamides is 1. The largest absolute Gasteiger partial charge is 0.497 e. The molecule has 0 unspecified atom stereocenters. The fourth-order valence-corrected chi connectivity index (χ4v) is 3.34. The van der Waals surface area contributed by atoms with Crippen LogP contribution in [-0.4, -0.2) is 27.6 Å². The Morgan fingerprint density at radius 1 is 1.12 bits per heavy atom. The van der Waals surface area contributed by atoms with Crippen molar-refractivity contribution in [1.29, 1.82) is 0 Å². The average molecular weight is 373 g/mol. The van der Waals surface area contributed by atoms with Crippen LogP contribution in [0.2, 0.25) is 5.02 Å². The summed E-state index contributed by atoms with van der Waals surface area (Å²) in [7, 11) is -1.34. The molecular weight excluding hydrogens is 360 g/mol. The molecule has 24 heavy (non-hydrogen) atoms. The van der Waals surface area contributed by atoms with E-state index in [9.17, 15) is 18.5 Å². The van der Waals surface area contributed by atoms with Crippen molar-refractivity contribution in [2.75, 3.05) is 18.9 Å². The van der Waals surface area contributed by atoms with E-state index in [1.807, 2.05) is 0 Å². The van der Waals surface area contributed by atoms with Crippen LogP contribution in [-0.2, 0) is 10.0 Å². The van der Waals surface area contributed by atoms with Gasteiger partial charge in [0.05, 0.1) is 24.8 Å². The van der Waals surface area contributed by atoms with Gasteiger partial charge in [-0.15, -0.1) is 0 Å². The zero-order chi connectivity index (χ0) is 17.9. The Morgan fingerprint density at radius 3 is 2.42 bits per heavy atom. The lowest BCUT2D eigenvalue weighted by Gasteiger charge is -2.13. The molecule has 0 bridgehead atoms. The smallest absolute Gasteiger partial charge is 0.289 e. The molecule has 0 heterocycles. The number of hydrogen-bond donors (Lipinski definition) is 1. The Morgan fingerprint density at radius 2 is 1.83 bits per heavy atom. The van der Waals surface area contributed by atoms with Gasteiger partial charge < -0.3 is 9.47 Å². The van der Waals surface area contributed by atoms with Crippen LogP contribution in [0.1, 0.15) is 0 Å². The summed E-state index contributed by atoms with van der Waals surface area (Å²) < 4.78 is 37.4. The number of nitro groups is 1. The number of methoxy groups -OCH3 is 2. The average Bonchev–Trinajstić information content (AvgIpc) is 2.55. The van der Waals surface area contributed by atoms with Crippen molar-refractivity contribution in [2.45, 2.75) is 4.90 Å². The molecule has 0 aliphatic rings. The van der Waals surface area contributed by atoms with Crippen molar-refractivity contribution < 1.29 is 22.8 Å². The highest BCUT2D eigenvalue weighted by molar-refractivity contribution is 7.92. The van der Waals surface area contributed by atoms with Crippen LogP contribution in [0, 0.1) is 10.1 Å². The number of nitrogens with zero attached hydrogens (tertiary/aromatic N) is 1. The molecule has 8 nitrogen and oxygen atoms in total. The van der Waals surface area contributed by atoms with E-state index in [0.717, 1.165) is 6.07 Å². The van der Waals surface area contributed by atoms with E-state index in [0.29, 0.717) is 5.75 Å². The van der Waals surface area contributed by atoms with Crippen molar-refractivity contribution in [2.24, 2.45) is 0 Å². The maximum absolute atomic E-state index is 12.6. The summed E-state index contributed by atoms with van der Waals surface area (Å²) in [5.74, 6) is 0.421. The number of ether oxygens (including phenoxy) is 2. The lowest BCUT2D eigenvalue weighted by Crippen LogP contribution is -2.14. The first kappa shape index (κ1) is 17.8. The third kappa shape index (κ3) is 3.69. The Hall–Kier alpha value is -2.52. The number of nitro benzene ring substituents is 1. The molecule has 0 amide bonds. The summed E-state index contributed by atoms with van der Waals surface area (Å²) in [6.45, 7) is 0. The van der Waals surface area contributed by atoms with Gasteiger partial charge in [0.2, 0.25) is 0 Å². The molecule has 0 radical (unpaired) electrons. The molecule has 0 aromatic heterocycles. The standard InChI is InChI=1S/C14H13ClN2O6S/c1-22-10-4-6-13(23-2)14(8-10)24(20,21)16-9-3-5-11(15)12(7-9)17(18)19/h3-8,16H,1-2H3. The summed E-state index contributed by atoms with van der Waals surface area (Å²) in [6, 6.07) is 7.86. The summed E-state index contributed by atoms with van der Waals surface area (Å²) in [4.78, 5) is 10.0. The van der Waals surface area contributed by atoms with E-state index < -0.39 is 20.6 Å². The van der Waals surface area contributed by atoms with Crippen molar-refractivity contribution >= 4 is 33.0 Å². The summed E-state index contributed by atoms with van der Waals surface area (Å²) in [6.07, 6.45) is 0. The molecule has 0 aliphatic heterocycles. The molecule has 0 saturated heterocycles. The predicted molar refractivity (Wildman–Crippen MR) is 88.5 cm³/mol. The topological polar surface area (TPSA) is 108 Å². The highest BCUT2D eigenvalue weighted by Crippen LogP contribution is 2.32. The Bertz CT molecular complexity index is 885. The number of hydrogen-bond acceptors (Lipinski definition) is 6. The zero-order valence-corrected chi connectivity index (χ0v) is 14.2. The van der Waals surface area contributed by atoms with E-state index in [4.69, 9.17) is 21.1 Å². The molecule has 0 saturated carbocycles. The fraction of sp³-hybridized carbons (Fsp3) is 0.143. The molecule has 0 atom stereocenters. The fourth-order valence-electron chi connectivity index (χ4n) is 1.92. The summed E-state index contributed by atoms with van der Waals surface area (Å²) in [5.41, 5.74) is -0.412. The zero-order valence-electron chi connectivity index (χ0n) is 12.6. The quantitative estimate of drug-likeness (QED) is 0.616. The van der Waals surface area contributed by atoms with Gasteiger partial charge in [-0.3, -0.25) is 14.8 Å². The second-order valence-electron chi connectivity index (χ2n) is 4.55. The second-order valence-corrected chi connectivity index (χ2v) is 6.60. The number of halogens is 1. The normalized spacial score (nSPS) is 11.0. The minimum atomic E-state index is -4.06. The Labute approximate surface area is 143 Å². The van der Waals surface area contributed by atoms with Crippen molar-refractivity contribution in [3.63, 3.8) is 0 Å². The van der Waals surface area contributed by atoms with Crippen LogP contribution in [0.15, 0.2) is 41.3 Å². The van der Waals surface area contributed by atoms with Crippen LogP contribution >= 0.6 is 11.6 Å². The maximum Gasteiger partial charge on any atom is 0.289 e. The van der Waals surface area contributed by atoms with Gasteiger partial charge in [-0.25, -0.2) is 8.42 Å². The maximum atomic E-state index is 12.6. The molecule has 2 aromatic rings. The minimum Gasteiger partial charge on any atom is -0.497 e. The Kier molecular flexibility index (Phi) is 5.15. The number of benzene rings is 2. The van der Waals surface area contributed by atoms with Crippen molar-refractivity contribution in [3.8, 4) is 11.5 Å². The van der Waals surface area contributed by atoms with Crippen LogP contribution in [0.25, 0.3) is 0 Å². The van der Waals surface area contributed by atoms with Crippen molar-refractivity contribution in [3.05, 3.63) is 51.5 Å². The predicted octanol–water partition coefficient (Wildman–Crippen LogP) is 3.07. The lowest BCUT2D eigenvalue weighted by atomic mass is 10.3. The van der Waals surface area contributed by atoms with Gasteiger partial charge in [0.1, 0.15) is 21.4 Å². The van der Waals surface area contributed by atoms with E-state index in [2.05, 4.69) is 4.72 Å². The van der Waals surface area contributed by atoms with Crippen LogP contribution in [0.4, 0.5) is 11.4 Å². The highest BCUT2D eigenvalue weighted by atomic mass is 35.5. The van der Waals surface area contributed by atoms with Gasteiger partial charge in [-0.05, 0) is 24.3 Å². The van der Waals surface area contributed by atoms with Gasteiger partial charge in [0, 0.05) is 12.1 Å². The molecule has 2 aromatic carbocycles. The van der Waals surface area contributed by atoms with Gasteiger partial charge in [-0.2, -0.15) is 0 Å². The molecule has 128 valence electrons. The van der Waals surface area contributed by atoms with Gasteiger partial charge in [-0.1, -0.05) is 11.6 Å². The molecule has 2 rings (SSSR count). The third-order valence-electron chi connectivity index (χ3n) is 3.06. The third-order valence-corrected chi connectivity index (χ3v) is 4.78. The molecule has 0 aliphatic carbocycles. The second kappa shape index (κ2) is 6.93. The van der Waals surface area contributed by atoms with Crippen molar-refractivity contribution in [1.82, 2.24) is 0 Å². The summed E-state index contributed by atoms with van der Waals surface area (Å²) in [5, 5.41) is 10.8. The first-order valence-electron chi connectivity index (χ1n) is 6.47. The first-order chi connectivity index (χ1) is 11.3. The van der Waals surface area contributed by atoms with E-state index in [1.54, 1.807) is 6.07 Å². The van der Waals surface area contributed by atoms with E-state index in [1.165, 1.54) is 38.5 Å². The van der Waals surface area contributed by atoms with E-state index in [-0.39, 0.29) is 21.4 Å². The van der Waals surface area contributed by atoms with Gasteiger partial charge in [0.15, 0.2) is 0 Å². The lowest BCUT2D eigenvalue weighted by molar-refractivity contribution is -0.384. The minimum absolute atomic E-state index is 0.00373. The molecule has 0 fully saturated rings. The number of rotatable bonds is 6. The monoisotopic (exact) mass is 372 g/mol. The van der Waals surface area contributed by atoms with Crippen LogP contribution in [0.5, 0.6) is 11.5 Å².